The van der Waals surface area contributed by atoms with E-state index in [0.29, 0.717) is 40.9 Å². The second-order valence-electron chi connectivity index (χ2n) is 10.1. The van der Waals surface area contributed by atoms with Gasteiger partial charge in [-0.2, -0.15) is 5.10 Å². The minimum atomic E-state index is -0.330. The molecule has 2 amide bonds. The van der Waals surface area contributed by atoms with E-state index < -0.39 is 0 Å². The maximum Gasteiger partial charge on any atom is 0.270 e. The topological polar surface area (TPSA) is 67.2 Å². The Hall–Kier alpha value is -4.16. The summed E-state index contributed by atoms with van der Waals surface area (Å²) in [5, 5.41) is 8.40. The van der Waals surface area contributed by atoms with Crippen molar-refractivity contribution in [3.05, 3.63) is 112 Å². The van der Waals surface area contributed by atoms with Gasteiger partial charge in [0.15, 0.2) is 0 Å². The summed E-state index contributed by atoms with van der Waals surface area (Å²) in [5.74, 6) is 0.0459. The molecule has 7 heteroatoms. The molecule has 1 saturated heterocycles. The highest BCUT2D eigenvalue weighted by atomic mass is 35.5. The molecule has 6 nitrogen and oxygen atoms in total. The quantitative estimate of drug-likeness (QED) is 0.284. The second-order valence-corrected chi connectivity index (χ2v) is 10.5. The zero-order valence-electron chi connectivity index (χ0n) is 22.1. The lowest BCUT2D eigenvalue weighted by atomic mass is 9.99. The molecular weight excluding hydrogens is 508 g/mol. The lowest BCUT2D eigenvalue weighted by molar-refractivity contribution is -0.128. The fraction of sp³-hybridized carbons (Fsp3) is 0.219. The minimum absolute atomic E-state index is 0.197. The zero-order valence-corrected chi connectivity index (χ0v) is 22.9. The molecule has 1 aromatic heterocycles. The van der Waals surface area contributed by atoms with Gasteiger partial charge in [-0.15, -0.1) is 0 Å². The summed E-state index contributed by atoms with van der Waals surface area (Å²) < 4.78 is 1.78. The normalized spacial score (nSPS) is 14.3. The van der Waals surface area contributed by atoms with Crippen molar-refractivity contribution < 1.29 is 9.59 Å². The Kier molecular flexibility index (Phi) is 7.94. The average Bonchev–Trinajstić information content (AvgIpc) is 3.37. The second kappa shape index (κ2) is 11.7. The van der Waals surface area contributed by atoms with Gasteiger partial charge in [0, 0.05) is 41.0 Å². The Labute approximate surface area is 233 Å². The number of hydrogen-bond donors (Lipinski definition) is 1. The van der Waals surface area contributed by atoms with Crippen molar-refractivity contribution in [2.24, 2.45) is 5.92 Å². The molecule has 0 saturated carbocycles. The van der Waals surface area contributed by atoms with E-state index in [4.69, 9.17) is 16.7 Å². The SMILES string of the molecule is Cc1ccc(C(=O)NC(=Cc2cn(-c3ccccc3)nc2-c2ccc(Cl)cc2)C(=O)N2CCC(C)CC2)cc1. The van der Waals surface area contributed by atoms with Crippen LogP contribution >= 0.6 is 11.6 Å². The number of halogens is 1. The Morgan fingerprint density at radius 1 is 0.949 bits per heavy atom. The molecule has 0 spiro atoms. The molecule has 2 heterocycles. The van der Waals surface area contributed by atoms with E-state index in [1.54, 1.807) is 22.9 Å². The van der Waals surface area contributed by atoms with Crippen molar-refractivity contribution >= 4 is 29.5 Å². The van der Waals surface area contributed by atoms with Crippen molar-refractivity contribution in [2.45, 2.75) is 26.7 Å². The van der Waals surface area contributed by atoms with Crippen molar-refractivity contribution in [2.75, 3.05) is 13.1 Å². The molecule has 1 N–H and O–H groups in total. The van der Waals surface area contributed by atoms with Gasteiger partial charge in [-0.1, -0.05) is 66.6 Å². The molecule has 0 unspecified atom stereocenters. The smallest absolute Gasteiger partial charge is 0.270 e. The van der Waals surface area contributed by atoms with E-state index in [2.05, 4.69) is 12.2 Å². The number of benzene rings is 3. The van der Waals surface area contributed by atoms with E-state index >= 15 is 0 Å². The summed E-state index contributed by atoms with van der Waals surface area (Å²) in [6.45, 7) is 5.49. The maximum atomic E-state index is 13.8. The number of nitrogens with one attached hydrogen (secondary N) is 1. The first-order valence-electron chi connectivity index (χ1n) is 13.2. The first-order chi connectivity index (χ1) is 18.9. The van der Waals surface area contributed by atoms with E-state index in [1.165, 1.54) is 0 Å². The molecule has 1 aliphatic heterocycles. The van der Waals surface area contributed by atoms with Gasteiger partial charge in [0.1, 0.15) is 11.4 Å². The van der Waals surface area contributed by atoms with Gasteiger partial charge in [-0.05, 0) is 68.2 Å². The van der Waals surface area contributed by atoms with Crippen LogP contribution in [0, 0.1) is 12.8 Å². The van der Waals surface area contributed by atoms with E-state index in [9.17, 15) is 9.59 Å². The number of aromatic nitrogens is 2. The maximum absolute atomic E-state index is 13.8. The van der Waals surface area contributed by atoms with Crippen LogP contribution in [0.15, 0.2) is 90.8 Å². The summed E-state index contributed by atoms with van der Waals surface area (Å²) in [5.41, 5.74) is 4.89. The average molecular weight is 539 g/mol. The summed E-state index contributed by atoms with van der Waals surface area (Å²) in [4.78, 5) is 28.9. The summed E-state index contributed by atoms with van der Waals surface area (Å²) >= 11 is 6.15. The Morgan fingerprint density at radius 2 is 1.62 bits per heavy atom. The van der Waals surface area contributed by atoms with Crippen LogP contribution in [0.5, 0.6) is 0 Å². The predicted molar refractivity (Wildman–Crippen MR) is 156 cm³/mol. The van der Waals surface area contributed by atoms with Gasteiger partial charge < -0.3 is 10.2 Å². The molecule has 0 bridgehead atoms. The van der Waals surface area contributed by atoms with Crippen LogP contribution in [0.4, 0.5) is 0 Å². The number of piperidine rings is 1. The molecule has 0 radical (unpaired) electrons. The largest absolute Gasteiger partial charge is 0.337 e. The number of nitrogens with zero attached hydrogens (tertiary/aromatic N) is 3. The van der Waals surface area contributed by atoms with Crippen molar-refractivity contribution in [3.63, 3.8) is 0 Å². The Bertz CT molecular complexity index is 1480. The number of hydrogen-bond acceptors (Lipinski definition) is 3. The van der Waals surface area contributed by atoms with Gasteiger partial charge >= 0.3 is 0 Å². The fourth-order valence-corrected chi connectivity index (χ4v) is 4.75. The van der Waals surface area contributed by atoms with Gasteiger partial charge in [0.05, 0.1) is 5.69 Å². The van der Waals surface area contributed by atoms with Gasteiger partial charge in [-0.3, -0.25) is 9.59 Å². The van der Waals surface area contributed by atoms with Crippen LogP contribution in [-0.2, 0) is 4.79 Å². The monoisotopic (exact) mass is 538 g/mol. The molecule has 4 aromatic rings. The van der Waals surface area contributed by atoms with Crippen LogP contribution in [0.1, 0.15) is 41.3 Å². The number of aryl methyl sites for hydroxylation is 1. The van der Waals surface area contributed by atoms with Gasteiger partial charge in [-0.25, -0.2) is 4.68 Å². The van der Waals surface area contributed by atoms with Crippen LogP contribution < -0.4 is 5.32 Å². The summed E-state index contributed by atoms with van der Waals surface area (Å²) in [6.07, 6.45) is 5.49. The molecule has 0 aliphatic carbocycles. The molecule has 1 fully saturated rings. The third-order valence-corrected chi connectivity index (χ3v) is 7.30. The number of amides is 2. The van der Waals surface area contributed by atoms with Crippen LogP contribution in [-0.4, -0.2) is 39.6 Å². The molecule has 5 rings (SSSR count). The standard InChI is InChI=1S/C32H31ClN4O2/c1-22-8-10-25(11-9-22)31(38)34-29(32(39)36-18-16-23(2)17-19-36)20-26-21-37(28-6-4-3-5-7-28)35-30(26)24-12-14-27(33)15-13-24/h3-15,20-21,23H,16-19H2,1-2H3,(H,34,38). The Morgan fingerprint density at radius 3 is 2.28 bits per heavy atom. The van der Waals surface area contributed by atoms with Crippen molar-refractivity contribution in [3.8, 4) is 16.9 Å². The number of carbonyl (C=O) groups excluding carboxylic acids is 2. The summed E-state index contributed by atoms with van der Waals surface area (Å²) in [6, 6.07) is 24.5. The fourth-order valence-electron chi connectivity index (χ4n) is 4.63. The van der Waals surface area contributed by atoms with Gasteiger partial charge in [0.25, 0.3) is 11.8 Å². The lowest BCUT2D eigenvalue weighted by Crippen LogP contribution is -2.42. The highest BCUT2D eigenvalue weighted by Crippen LogP contribution is 2.28. The molecule has 39 heavy (non-hydrogen) atoms. The number of likely N-dealkylation sites (tertiary alicyclic amines) is 1. The highest BCUT2D eigenvalue weighted by Gasteiger charge is 2.25. The molecular formula is C32H31ClN4O2. The zero-order chi connectivity index (χ0) is 27.4. The number of rotatable bonds is 6. The third kappa shape index (κ3) is 6.29. The van der Waals surface area contributed by atoms with E-state index in [0.717, 1.165) is 29.7 Å². The van der Waals surface area contributed by atoms with E-state index in [1.807, 2.05) is 84.8 Å². The Balaban J connectivity index is 1.58. The minimum Gasteiger partial charge on any atom is -0.337 e. The first kappa shape index (κ1) is 26.4. The van der Waals surface area contributed by atoms with E-state index in [-0.39, 0.29) is 17.5 Å². The molecule has 3 aromatic carbocycles. The lowest BCUT2D eigenvalue weighted by Gasteiger charge is -2.31. The third-order valence-electron chi connectivity index (χ3n) is 7.04. The molecule has 198 valence electrons. The first-order valence-corrected chi connectivity index (χ1v) is 13.5. The summed E-state index contributed by atoms with van der Waals surface area (Å²) in [7, 11) is 0. The van der Waals surface area contributed by atoms with Crippen molar-refractivity contribution in [1.82, 2.24) is 20.0 Å². The van der Waals surface area contributed by atoms with Crippen molar-refractivity contribution in [1.29, 1.82) is 0 Å². The molecule has 0 atom stereocenters. The van der Waals surface area contributed by atoms with Crippen LogP contribution in [0.25, 0.3) is 23.0 Å². The number of para-hydroxylation sites is 1. The molecule has 1 aliphatic rings. The van der Waals surface area contributed by atoms with Crippen LogP contribution in [0.2, 0.25) is 5.02 Å². The van der Waals surface area contributed by atoms with Crippen LogP contribution in [0.3, 0.4) is 0 Å². The van der Waals surface area contributed by atoms with Gasteiger partial charge in [0.2, 0.25) is 0 Å². The number of carbonyl (C=O) groups is 2. The predicted octanol–water partition coefficient (Wildman–Crippen LogP) is 6.53. The highest BCUT2D eigenvalue weighted by molar-refractivity contribution is 6.30.